The van der Waals surface area contributed by atoms with Crippen molar-refractivity contribution in [2.24, 2.45) is 0 Å². The summed E-state index contributed by atoms with van der Waals surface area (Å²) in [5.74, 6) is -0.0802. The zero-order valence-corrected chi connectivity index (χ0v) is 15.1. The van der Waals surface area contributed by atoms with E-state index in [1.807, 2.05) is 0 Å². The molecule has 3 rings (SSSR count). The molecule has 24 heavy (non-hydrogen) atoms. The summed E-state index contributed by atoms with van der Waals surface area (Å²) in [7, 11) is -3.69. The summed E-state index contributed by atoms with van der Waals surface area (Å²) < 4.78 is 26.9. The molecule has 130 valence electrons. The van der Waals surface area contributed by atoms with E-state index in [1.54, 1.807) is 22.4 Å². The van der Waals surface area contributed by atoms with Crippen LogP contribution in [0.1, 0.15) is 10.4 Å². The van der Waals surface area contributed by atoms with Gasteiger partial charge in [-0.05, 0) is 24.3 Å². The number of hydrogen-bond acceptors (Lipinski definition) is 6. The van der Waals surface area contributed by atoms with Gasteiger partial charge in [-0.25, -0.2) is 13.4 Å². The number of thiazole rings is 1. The van der Waals surface area contributed by atoms with E-state index in [0.29, 0.717) is 23.8 Å². The van der Waals surface area contributed by atoms with E-state index in [4.69, 9.17) is 0 Å². The van der Waals surface area contributed by atoms with Gasteiger partial charge < -0.3 is 10.2 Å². The van der Waals surface area contributed by atoms with Crippen molar-refractivity contribution in [2.75, 3.05) is 30.9 Å². The molecule has 1 aromatic heterocycles. The molecule has 0 saturated carbocycles. The van der Waals surface area contributed by atoms with Crippen LogP contribution in [-0.2, 0) is 10.0 Å². The van der Waals surface area contributed by atoms with E-state index in [0.717, 1.165) is 13.1 Å². The number of aromatic nitrogens is 1. The zero-order valence-electron chi connectivity index (χ0n) is 12.6. The van der Waals surface area contributed by atoms with Crippen molar-refractivity contribution in [1.82, 2.24) is 15.2 Å². The number of carbonyl (C=O) groups excluding carboxylic acids is 1. The molecule has 1 fully saturated rings. The number of carbonyl (C=O) groups is 1. The van der Waals surface area contributed by atoms with Gasteiger partial charge in [-0.2, -0.15) is 0 Å². The van der Waals surface area contributed by atoms with Gasteiger partial charge in [0.1, 0.15) is 0 Å². The van der Waals surface area contributed by atoms with Gasteiger partial charge in [-0.3, -0.25) is 9.52 Å². The highest BCUT2D eigenvalue weighted by molar-refractivity contribution is 7.93. The van der Waals surface area contributed by atoms with Crippen LogP contribution in [0, 0.1) is 0 Å². The Bertz CT molecular complexity index is 773. The van der Waals surface area contributed by atoms with Gasteiger partial charge in [-0.15, -0.1) is 23.7 Å². The van der Waals surface area contributed by atoms with Crippen molar-refractivity contribution in [3.05, 3.63) is 41.4 Å². The fourth-order valence-corrected chi connectivity index (χ4v) is 4.06. The van der Waals surface area contributed by atoms with Gasteiger partial charge in [-0.1, -0.05) is 0 Å². The standard InChI is InChI=1S/C14H16N4O3S2.ClH/c19-13(18-8-5-15-6-9-18)11-1-3-12(4-2-11)23(20,21)17-14-16-7-10-22-14;/h1-4,7,10,15H,5-6,8-9H2,(H,16,17);1H. The molecule has 0 radical (unpaired) electrons. The predicted octanol–water partition coefficient (Wildman–Crippen LogP) is 1.41. The second-order valence-corrected chi connectivity index (χ2v) is 7.59. The molecule has 1 saturated heterocycles. The Labute approximate surface area is 150 Å². The molecule has 1 amide bonds. The molecule has 0 spiro atoms. The van der Waals surface area contributed by atoms with Gasteiger partial charge in [0.05, 0.1) is 4.90 Å². The third kappa shape index (κ3) is 4.23. The summed E-state index contributed by atoms with van der Waals surface area (Å²) in [6.07, 6.45) is 1.53. The molecular formula is C14H17ClN4O3S2. The number of nitrogens with zero attached hydrogens (tertiary/aromatic N) is 2. The Kier molecular flexibility index (Phi) is 6.16. The Balaban J connectivity index is 0.00000208. The van der Waals surface area contributed by atoms with Crippen molar-refractivity contribution in [3.63, 3.8) is 0 Å². The minimum atomic E-state index is -3.69. The maximum Gasteiger partial charge on any atom is 0.263 e. The lowest BCUT2D eigenvalue weighted by molar-refractivity contribution is 0.0735. The fraction of sp³-hybridized carbons (Fsp3) is 0.286. The molecule has 1 aliphatic heterocycles. The second-order valence-electron chi connectivity index (χ2n) is 5.01. The van der Waals surface area contributed by atoms with Gasteiger partial charge in [0.2, 0.25) is 0 Å². The van der Waals surface area contributed by atoms with Crippen LogP contribution < -0.4 is 10.0 Å². The Morgan fingerprint density at radius 1 is 1.21 bits per heavy atom. The maximum absolute atomic E-state index is 12.3. The van der Waals surface area contributed by atoms with E-state index in [-0.39, 0.29) is 23.2 Å². The van der Waals surface area contributed by atoms with Crippen LogP contribution in [0.3, 0.4) is 0 Å². The van der Waals surface area contributed by atoms with Crippen molar-refractivity contribution in [3.8, 4) is 0 Å². The molecular weight excluding hydrogens is 372 g/mol. The van der Waals surface area contributed by atoms with Gasteiger partial charge in [0, 0.05) is 43.3 Å². The van der Waals surface area contributed by atoms with Crippen LogP contribution in [0.4, 0.5) is 5.13 Å². The Morgan fingerprint density at radius 3 is 2.46 bits per heavy atom. The third-order valence-electron chi connectivity index (χ3n) is 3.47. The summed E-state index contributed by atoms with van der Waals surface area (Å²) in [6, 6.07) is 5.96. The van der Waals surface area contributed by atoms with E-state index in [1.165, 1.54) is 29.7 Å². The molecule has 0 atom stereocenters. The molecule has 1 aliphatic rings. The normalized spacial score (nSPS) is 14.8. The van der Waals surface area contributed by atoms with Gasteiger partial charge in [0.15, 0.2) is 5.13 Å². The summed E-state index contributed by atoms with van der Waals surface area (Å²) >= 11 is 1.20. The number of anilines is 1. The number of amides is 1. The van der Waals surface area contributed by atoms with E-state index in [9.17, 15) is 13.2 Å². The highest BCUT2D eigenvalue weighted by Crippen LogP contribution is 2.18. The summed E-state index contributed by atoms with van der Waals surface area (Å²) in [4.78, 5) is 18.1. The molecule has 2 aromatic rings. The molecule has 0 aliphatic carbocycles. The first-order chi connectivity index (χ1) is 11.1. The van der Waals surface area contributed by atoms with Gasteiger partial charge >= 0.3 is 0 Å². The van der Waals surface area contributed by atoms with Crippen molar-refractivity contribution in [2.45, 2.75) is 4.90 Å². The number of benzene rings is 1. The number of rotatable bonds is 4. The first kappa shape index (κ1) is 18.7. The van der Waals surface area contributed by atoms with E-state index < -0.39 is 10.0 Å². The van der Waals surface area contributed by atoms with Crippen molar-refractivity contribution >= 4 is 44.8 Å². The molecule has 2 N–H and O–H groups in total. The minimum absolute atomic E-state index is 0. The summed E-state index contributed by atoms with van der Waals surface area (Å²) in [5.41, 5.74) is 0.486. The summed E-state index contributed by atoms with van der Waals surface area (Å²) in [6.45, 7) is 2.86. The van der Waals surface area contributed by atoms with Crippen LogP contribution in [-0.4, -0.2) is 50.4 Å². The lowest BCUT2D eigenvalue weighted by atomic mass is 10.2. The average molecular weight is 389 g/mol. The number of nitrogens with one attached hydrogen (secondary N) is 2. The molecule has 1 aromatic carbocycles. The van der Waals surface area contributed by atoms with E-state index in [2.05, 4.69) is 15.0 Å². The second kappa shape index (κ2) is 7.93. The topological polar surface area (TPSA) is 91.4 Å². The number of sulfonamides is 1. The first-order valence-electron chi connectivity index (χ1n) is 7.09. The minimum Gasteiger partial charge on any atom is -0.336 e. The fourth-order valence-electron chi connectivity index (χ4n) is 2.27. The zero-order chi connectivity index (χ0) is 16.3. The maximum atomic E-state index is 12.3. The van der Waals surface area contributed by atoms with Crippen LogP contribution in [0.5, 0.6) is 0 Å². The van der Waals surface area contributed by atoms with Crippen LogP contribution >= 0.6 is 23.7 Å². The van der Waals surface area contributed by atoms with Crippen LogP contribution in [0.15, 0.2) is 40.7 Å². The van der Waals surface area contributed by atoms with Gasteiger partial charge in [0.25, 0.3) is 15.9 Å². The van der Waals surface area contributed by atoms with Crippen molar-refractivity contribution < 1.29 is 13.2 Å². The first-order valence-corrected chi connectivity index (χ1v) is 9.45. The van der Waals surface area contributed by atoms with Crippen molar-refractivity contribution in [1.29, 1.82) is 0 Å². The molecule has 0 bridgehead atoms. The predicted molar refractivity (Wildman–Crippen MR) is 95.4 cm³/mol. The number of hydrogen-bond donors (Lipinski definition) is 2. The largest absolute Gasteiger partial charge is 0.336 e. The summed E-state index contributed by atoms with van der Waals surface area (Å²) in [5, 5.41) is 5.18. The number of halogens is 1. The molecule has 0 unspecified atom stereocenters. The smallest absolute Gasteiger partial charge is 0.263 e. The molecule has 2 heterocycles. The highest BCUT2D eigenvalue weighted by atomic mass is 35.5. The third-order valence-corrected chi connectivity index (χ3v) is 5.64. The quantitative estimate of drug-likeness (QED) is 0.826. The molecule has 7 nitrogen and oxygen atoms in total. The Hall–Kier alpha value is -1.68. The Morgan fingerprint density at radius 2 is 1.88 bits per heavy atom. The average Bonchev–Trinajstić information content (AvgIpc) is 3.07. The van der Waals surface area contributed by atoms with Crippen LogP contribution in [0.25, 0.3) is 0 Å². The number of piperazine rings is 1. The lowest BCUT2D eigenvalue weighted by Crippen LogP contribution is -2.46. The highest BCUT2D eigenvalue weighted by Gasteiger charge is 2.20. The SMILES string of the molecule is Cl.O=C(c1ccc(S(=O)(=O)Nc2nccs2)cc1)N1CCNCC1. The van der Waals surface area contributed by atoms with Crippen LogP contribution in [0.2, 0.25) is 0 Å². The lowest BCUT2D eigenvalue weighted by Gasteiger charge is -2.27. The monoisotopic (exact) mass is 388 g/mol. The molecule has 10 heteroatoms. The van der Waals surface area contributed by atoms with E-state index >= 15 is 0 Å².